The minimum Gasteiger partial charge on any atom is -0.583 e. The lowest BCUT2D eigenvalue weighted by Gasteiger charge is -2.04. The van der Waals surface area contributed by atoms with Crippen molar-refractivity contribution in [1.82, 2.24) is 0 Å². The summed E-state index contributed by atoms with van der Waals surface area (Å²) in [7, 11) is 6.90. The van der Waals surface area contributed by atoms with Crippen molar-refractivity contribution in [3.63, 3.8) is 0 Å². The maximum absolute atomic E-state index is 10.9. The van der Waals surface area contributed by atoms with Crippen molar-refractivity contribution in [1.29, 1.82) is 0 Å². The van der Waals surface area contributed by atoms with Crippen molar-refractivity contribution < 1.29 is 17.2 Å². The van der Waals surface area contributed by atoms with Gasteiger partial charge in [-0.1, -0.05) is 0 Å². The molecular formula is C7H12AlClO4. The summed E-state index contributed by atoms with van der Waals surface area (Å²) in [6, 6.07) is 0. The predicted octanol–water partition coefficient (Wildman–Crippen LogP) is 1.16. The van der Waals surface area contributed by atoms with Crippen molar-refractivity contribution in [3.05, 3.63) is 0 Å². The minimum atomic E-state index is -2.27. The molecule has 0 radical (unpaired) electrons. The van der Waals surface area contributed by atoms with Crippen LogP contribution >= 0.6 is 10.0 Å². The average Bonchev–Trinajstić information content (AvgIpc) is 2.03. The number of carbonyl (C=O) groups is 2. The third kappa shape index (κ3) is 8.26. The van der Waals surface area contributed by atoms with E-state index in [9.17, 15) is 9.59 Å². The van der Waals surface area contributed by atoms with E-state index in [-0.39, 0.29) is 12.2 Å². The van der Waals surface area contributed by atoms with Crippen LogP contribution in [0.25, 0.3) is 0 Å². The van der Waals surface area contributed by atoms with E-state index in [1.54, 1.807) is 0 Å². The molecule has 0 heterocycles. The van der Waals surface area contributed by atoms with Gasteiger partial charge in [0.2, 0.25) is 0 Å². The second kappa shape index (κ2) is 7.34. The number of hydrogen-bond acceptors (Lipinski definition) is 4. The average molecular weight is 223 g/mol. The van der Waals surface area contributed by atoms with Crippen LogP contribution in [-0.4, -0.2) is 32.8 Å². The first kappa shape index (κ1) is 12.9. The molecular weight excluding hydrogens is 211 g/mol. The van der Waals surface area contributed by atoms with Crippen molar-refractivity contribution in [3.8, 4) is 0 Å². The number of rotatable bonds is 6. The van der Waals surface area contributed by atoms with Crippen LogP contribution in [0.15, 0.2) is 0 Å². The molecule has 0 aliphatic heterocycles. The highest BCUT2D eigenvalue weighted by Crippen LogP contribution is 2.01. The van der Waals surface area contributed by atoms with E-state index in [0.29, 0.717) is 12.8 Å². The topological polar surface area (TPSA) is 52.6 Å². The third-order valence-electron chi connectivity index (χ3n) is 1.32. The van der Waals surface area contributed by atoms with Gasteiger partial charge >= 0.3 is 13.9 Å². The van der Waals surface area contributed by atoms with Crippen LogP contribution in [0, 0.1) is 0 Å². The van der Waals surface area contributed by atoms with Crippen LogP contribution in [0.5, 0.6) is 0 Å². The Kier molecular flexibility index (Phi) is 7.29. The Morgan fingerprint density at radius 1 is 1.38 bits per heavy atom. The van der Waals surface area contributed by atoms with Crippen LogP contribution in [-0.2, 0) is 17.2 Å². The minimum absolute atomic E-state index is 0.0687. The molecule has 0 aliphatic carbocycles. The lowest BCUT2D eigenvalue weighted by molar-refractivity contribution is -0.135. The lowest BCUT2D eigenvalue weighted by Crippen LogP contribution is -2.18. The fraction of sp³-hybridized carbons (Fsp3) is 0.714. The summed E-state index contributed by atoms with van der Waals surface area (Å²) in [5.41, 5.74) is 0. The van der Waals surface area contributed by atoms with Crippen LogP contribution in [0.2, 0.25) is 0 Å². The van der Waals surface area contributed by atoms with Crippen molar-refractivity contribution in [2.24, 2.45) is 0 Å². The van der Waals surface area contributed by atoms with Crippen molar-refractivity contribution >= 4 is 35.7 Å². The molecule has 0 atom stereocenters. The first-order valence-corrected chi connectivity index (χ1v) is 6.61. The second-order valence-electron chi connectivity index (χ2n) is 2.56. The van der Waals surface area contributed by atoms with Crippen LogP contribution in [0.1, 0.15) is 26.2 Å². The molecule has 0 spiro atoms. The standard InChI is InChI=1S/C6H10O3.CH3O.Al.ClH/c1-5(7)3-2-4-6(8)9;1-2;;/h2-4H2,1H3,(H,8,9);1H3;;1H/q;-1;+3;/p-2. The normalized spacial score (nSPS) is 9.46. The zero-order valence-corrected chi connectivity index (χ0v) is 9.62. The van der Waals surface area contributed by atoms with E-state index >= 15 is 0 Å². The van der Waals surface area contributed by atoms with E-state index in [0.717, 1.165) is 0 Å². The van der Waals surface area contributed by atoms with Gasteiger partial charge in [-0.3, -0.25) is 4.79 Å². The van der Waals surface area contributed by atoms with Gasteiger partial charge in [0, 0.05) is 20.0 Å². The molecule has 0 N–H and O–H groups in total. The molecule has 0 fully saturated rings. The molecule has 6 heteroatoms. The van der Waals surface area contributed by atoms with Crippen LogP contribution in [0.3, 0.4) is 0 Å². The van der Waals surface area contributed by atoms with Gasteiger partial charge in [-0.2, -0.15) is 10.0 Å². The monoisotopic (exact) mass is 222 g/mol. The van der Waals surface area contributed by atoms with Gasteiger partial charge in [0.25, 0.3) is 5.97 Å². The largest absolute Gasteiger partial charge is 0.907 e. The quantitative estimate of drug-likeness (QED) is 0.633. The first-order chi connectivity index (χ1) is 6.06. The SMILES string of the molecule is C[O][Al]([Cl])[O]C(=O)CCCC(C)=O. The van der Waals surface area contributed by atoms with Crippen LogP contribution in [0.4, 0.5) is 0 Å². The van der Waals surface area contributed by atoms with E-state index in [4.69, 9.17) is 13.8 Å². The molecule has 0 unspecified atom stereocenters. The Labute approximate surface area is 86.4 Å². The molecule has 4 nitrogen and oxygen atoms in total. The van der Waals surface area contributed by atoms with Gasteiger partial charge in [-0.25, -0.2) is 0 Å². The van der Waals surface area contributed by atoms with Crippen molar-refractivity contribution in [2.45, 2.75) is 26.2 Å². The number of halogens is 1. The molecule has 0 bridgehead atoms. The third-order valence-corrected chi connectivity index (χ3v) is 2.94. The summed E-state index contributed by atoms with van der Waals surface area (Å²) < 4.78 is 9.36. The van der Waals surface area contributed by atoms with E-state index in [2.05, 4.69) is 3.79 Å². The number of ketones is 1. The van der Waals surface area contributed by atoms with E-state index in [1.165, 1.54) is 14.0 Å². The van der Waals surface area contributed by atoms with Gasteiger partial charge in [0.15, 0.2) is 0 Å². The molecule has 0 aromatic heterocycles. The summed E-state index contributed by atoms with van der Waals surface area (Å²) in [6.45, 7) is 1.49. The first-order valence-electron chi connectivity index (χ1n) is 3.92. The summed E-state index contributed by atoms with van der Waals surface area (Å²) in [4.78, 5) is 21.4. The maximum atomic E-state index is 10.9. The van der Waals surface area contributed by atoms with Gasteiger partial charge in [-0.15, -0.1) is 0 Å². The van der Waals surface area contributed by atoms with Gasteiger partial charge in [0.05, 0.1) is 0 Å². The fourth-order valence-electron chi connectivity index (χ4n) is 0.692. The zero-order valence-electron chi connectivity index (χ0n) is 7.71. The molecule has 0 aromatic rings. The molecule has 0 saturated carbocycles. The highest BCUT2D eigenvalue weighted by atomic mass is 35.6. The Balaban J connectivity index is 3.46. The smallest absolute Gasteiger partial charge is 0.583 e. The molecule has 13 heavy (non-hydrogen) atoms. The number of carbonyl (C=O) groups excluding carboxylic acids is 2. The lowest BCUT2D eigenvalue weighted by atomic mass is 10.2. The fourth-order valence-corrected chi connectivity index (χ4v) is 1.41. The van der Waals surface area contributed by atoms with Gasteiger partial charge in [0.1, 0.15) is 5.78 Å². The Hall–Kier alpha value is -0.0775. The summed E-state index contributed by atoms with van der Waals surface area (Å²) in [5.74, 6) is -0.325. The maximum Gasteiger partial charge on any atom is 0.907 e. The summed E-state index contributed by atoms with van der Waals surface area (Å²) in [5, 5.41) is 0. The van der Waals surface area contributed by atoms with Gasteiger partial charge in [-0.05, 0) is 13.3 Å². The Morgan fingerprint density at radius 2 is 2.00 bits per heavy atom. The molecule has 0 amide bonds. The van der Waals surface area contributed by atoms with E-state index < -0.39 is 19.9 Å². The molecule has 0 aromatic carbocycles. The number of Topliss-reactive ketones (excluding diaryl/α,β-unsaturated/α-hetero) is 1. The molecule has 0 saturated heterocycles. The highest BCUT2D eigenvalue weighted by Gasteiger charge is 2.26. The summed E-state index contributed by atoms with van der Waals surface area (Å²) in [6.07, 6.45) is 1.13. The van der Waals surface area contributed by atoms with Crippen molar-refractivity contribution in [2.75, 3.05) is 7.11 Å². The molecule has 0 aliphatic rings. The molecule has 74 valence electrons. The number of hydrogen-bond donors (Lipinski definition) is 0. The highest BCUT2D eigenvalue weighted by molar-refractivity contribution is 7.00. The Morgan fingerprint density at radius 3 is 2.46 bits per heavy atom. The Bertz CT molecular complexity index is 185. The van der Waals surface area contributed by atoms with E-state index in [1.807, 2.05) is 0 Å². The summed E-state index contributed by atoms with van der Waals surface area (Å²) >= 11 is -2.27. The predicted molar refractivity (Wildman–Crippen MR) is 49.2 cm³/mol. The second-order valence-corrected chi connectivity index (χ2v) is 4.88. The zero-order chi connectivity index (χ0) is 10.3. The van der Waals surface area contributed by atoms with Crippen LogP contribution < -0.4 is 0 Å². The van der Waals surface area contributed by atoms with Gasteiger partial charge < -0.3 is 12.4 Å². The molecule has 0 rings (SSSR count).